The van der Waals surface area contributed by atoms with Crippen LogP contribution in [-0.2, 0) is 9.53 Å². The maximum Gasteiger partial charge on any atom is 0.328 e. The second-order valence-electron chi connectivity index (χ2n) is 7.33. The summed E-state index contributed by atoms with van der Waals surface area (Å²) in [5, 5.41) is 13.1. The van der Waals surface area contributed by atoms with Gasteiger partial charge in [0.05, 0.1) is 7.11 Å². The van der Waals surface area contributed by atoms with E-state index in [1.807, 2.05) is 13.8 Å². The van der Waals surface area contributed by atoms with Gasteiger partial charge in [0.1, 0.15) is 24.0 Å². The minimum Gasteiger partial charge on any atom is -0.503 e. The fraction of sp³-hybridized carbons (Fsp3) is 0.409. The molecule has 1 heterocycles. The van der Waals surface area contributed by atoms with Crippen LogP contribution in [0.15, 0.2) is 36.5 Å². The van der Waals surface area contributed by atoms with Crippen LogP contribution in [0.5, 0.6) is 17.2 Å². The van der Waals surface area contributed by atoms with Gasteiger partial charge in [0.2, 0.25) is 0 Å². The first-order valence-corrected chi connectivity index (χ1v) is 10.2. The summed E-state index contributed by atoms with van der Waals surface area (Å²) in [6, 6.07) is 7.36. The third-order valence-electron chi connectivity index (χ3n) is 4.51. The van der Waals surface area contributed by atoms with Crippen molar-refractivity contribution in [1.82, 2.24) is 10.3 Å². The number of nitrogens with one attached hydrogen (secondary N) is 1. The summed E-state index contributed by atoms with van der Waals surface area (Å²) in [5.74, 6) is -1.18. The molecule has 1 unspecified atom stereocenters. The summed E-state index contributed by atoms with van der Waals surface area (Å²) >= 11 is 5.99. The number of nitrogens with zero attached hydrogens (tertiary/aromatic N) is 1. The molecule has 1 aromatic carbocycles. The Morgan fingerprint density at radius 3 is 2.48 bits per heavy atom. The van der Waals surface area contributed by atoms with Crippen LogP contribution in [0.1, 0.15) is 38.2 Å². The third-order valence-corrected chi connectivity index (χ3v) is 4.75. The van der Waals surface area contributed by atoms with Crippen molar-refractivity contribution in [3.63, 3.8) is 0 Å². The standard InChI is InChI=1S/C22H27ClN2O6/c1-12(2)20(14(4)30-16-8-6-7-15(23)11-16)31-22(28)13(3)25-21(27)18-19(26)17(29-5)9-10-24-18/h6-14,20,26H,1-5H3,(H,25,27)/t13-,14-,20?/m0/s1. The Balaban J connectivity index is 2.04. The van der Waals surface area contributed by atoms with Gasteiger partial charge >= 0.3 is 5.97 Å². The SMILES string of the molecule is COc1ccnc(C(=O)N[C@@H](C)C(=O)OC(C(C)C)[C@H](C)Oc2cccc(Cl)c2)c1O. The number of ether oxygens (including phenoxy) is 3. The molecule has 1 aromatic heterocycles. The molecule has 31 heavy (non-hydrogen) atoms. The Morgan fingerprint density at radius 2 is 1.87 bits per heavy atom. The maximum atomic E-state index is 12.6. The largest absolute Gasteiger partial charge is 0.503 e. The molecule has 0 bridgehead atoms. The van der Waals surface area contributed by atoms with Crippen LogP contribution in [0.2, 0.25) is 5.02 Å². The molecule has 0 aliphatic carbocycles. The Morgan fingerprint density at radius 1 is 1.16 bits per heavy atom. The van der Waals surface area contributed by atoms with Gasteiger partial charge in [-0.25, -0.2) is 9.78 Å². The van der Waals surface area contributed by atoms with Crippen LogP contribution in [0.3, 0.4) is 0 Å². The molecular formula is C22H27ClN2O6. The van der Waals surface area contributed by atoms with E-state index in [4.69, 9.17) is 25.8 Å². The average Bonchev–Trinajstić information content (AvgIpc) is 2.71. The Bertz CT molecular complexity index is 921. The number of rotatable bonds is 9. The first-order valence-electron chi connectivity index (χ1n) is 9.79. The molecule has 9 heteroatoms. The number of hydrogen-bond acceptors (Lipinski definition) is 7. The zero-order chi connectivity index (χ0) is 23.1. The fourth-order valence-electron chi connectivity index (χ4n) is 2.92. The number of benzene rings is 1. The molecule has 0 spiro atoms. The number of esters is 1. The number of pyridine rings is 1. The topological polar surface area (TPSA) is 107 Å². The van der Waals surface area contributed by atoms with Crippen molar-refractivity contribution in [2.24, 2.45) is 5.92 Å². The quantitative estimate of drug-likeness (QED) is 0.562. The van der Waals surface area contributed by atoms with Crippen LogP contribution in [0.25, 0.3) is 0 Å². The zero-order valence-corrected chi connectivity index (χ0v) is 18.8. The van der Waals surface area contributed by atoms with Gasteiger partial charge in [-0.05, 0) is 38.0 Å². The van der Waals surface area contributed by atoms with Crippen molar-refractivity contribution in [2.75, 3.05) is 7.11 Å². The second-order valence-corrected chi connectivity index (χ2v) is 7.77. The van der Waals surface area contributed by atoms with Gasteiger partial charge in [-0.2, -0.15) is 0 Å². The molecule has 0 aliphatic heterocycles. The fourth-order valence-corrected chi connectivity index (χ4v) is 3.10. The van der Waals surface area contributed by atoms with Gasteiger partial charge in [0.25, 0.3) is 5.91 Å². The van der Waals surface area contributed by atoms with E-state index >= 15 is 0 Å². The number of carbonyl (C=O) groups is 2. The minimum absolute atomic E-state index is 0.0508. The third kappa shape index (κ3) is 6.49. The lowest BCUT2D eigenvalue weighted by Crippen LogP contribution is -2.45. The lowest BCUT2D eigenvalue weighted by molar-refractivity contribution is -0.158. The molecule has 0 saturated carbocycles. The summed E-state index contributed by atoms with van der Waals surface area (Å²) in [4.78, 5) is 28.9. The average molecular weight is 451 g/mol. The smallest absolute Gasteiger partial charge is 0.328 e. The summed E-state index contributed by atoms with van der Waals surface area (Å²) < 4.78 is 16.5. The highest BCUT2D eigenvalue weighted by Gasteiger charge is 2.30. The highest BCUT2D eigenvalue weighted by molar-refractivity contribution is 6.30. The van der Waals surface area contributed by atoms with E-state index < -0.39 is 35.9 Å². The molecule has 0 radical (unpaired) electrons. The van der Waals surface area contributed by atoms with E-state index in [2.05, 4.69) is 10.3 Å². The van der Waals surface area contributed by atoms with E-state index in [-0.39, 0.29) is 17.4 Å². The summed E-state index contributed by atoms with van der Waals surface area (Å²) in [7, 11) is 1.36. The molecule has 8 nitrogen and oxygen atoms in total. The Kier molecular flexibility index (Phi) is 8.50. The first-order chi connectivity index (χ1) is 14.6. The van der Waals surface area contributed by atoms with Crippen LogP contribution >= 0.6 is 11.6 Å². The predicted octanol–water partition coefficient (Wildman–Crippen LogP) is 3.60. The van der Waals surface area contributed by atoms with Gasteiger partial charge in [0.15, 0.2) is 17.2 Å². The number of methoxy groups -OCH3 is 1. The molecule has 2 N–H and O–H groups in total. The molecular weight excluding hydrogens is 424 g/mol. The van der Waals surface area contributed by atoms with Gasteiger partial charge < -0.3 is 24.6 Å². The molecule has 0 saturated heterocycles. The van der Waals surface area contributed by atoms with E-state index in [0.717, 1.165) is 0 Å². The van der Waals surface area contributed by atoms with Crippen molar-refractivity contribution < 1.29 is 28.9 Å². The Labute approximate surface area is 186 Å². The van der Waals surface area contributed by atoms with E-state index in [0.29, 0.717) is 10.8 Å². The van der Waals surface area contributed by atoms with Gasteiger partial charge in [-0.1, -0.05) is 31.5 Å². The monoisotopic (exact) mass is 450 g/mol. The normalized spacial score (nSPS) is 13.8. The molecule has 2 aromatic rings. The highest BCUT2D eigenvalue weighted by Crippen LogP contribution is 2.27. The predicted molar refractivity (Wildman–Crippen MR) is 116 cm³/mol. The van der Waals surface area contributed by atoms with Gasteiger partial charge in [-0.3, -0.25) is 4.79 Å². The summed E-state index contributed by atoms with van der Waals surface area (Å²) in [6.07, 6.45) is 0.281. The van der Waals surface area contributed by atoms with Crippen LogP contribution in [0.4, 0.5) is 0 Å². The lowest BCUT2D eigenvalue weighted by Gasteiger charge is -2.29. The van der Waals surface area contributed by atoms with Crippen molar-refractivity contribution in [3.8, 4) is 17.2 Å². The molecule has 0 aliphatic rings. The number of carbonyl (C=O) groups excluding carboxylic acids is 2. The Hall–Kier alpha value is -3.00. The minimum atomic E-state index is -0.987. The van der Waals surface area contributed by atoms with Crippen molar-refractivity contribution >= 4 is 23.5 Å². The maximum absolute atomic E-state index is 12.6. The van der Waals surface area contributed by atoms with Gasteiger partial charge in [0, 0.05) is 17.3 Å². The van der Waals surface area contributed by atoms with E-state index in [1.54, 1.807) is 31.2 Å². The highest BCUT2D eigenvalue weighted by atomic mass is 35.5. The van der Waals surface area contributed by atoms with Crippen molar-refractivity contribution in [2.45, 2.75) is 45.9 Å². The molecule has 2 rings (SSSR count). The molecule has 0 fully saturated rings. The number of aromatic nitrogens is 1. The van der Waals surface area contributed by atoms with Crippen molar-refractivity contribution in [1.29, 1.82) is 0 Å². The molecule has 168 valence electrons. The number of hydrogen-bond donors (Lipinski definition) is 2. The molecule has 1 amide bonds. The molecule has 3 atom stereocenters. The lowest BCUT2D eigenvalue weighted by atomic mass is 10.0. The van der Waals surface area contributed by atoms with Crippen molar-refractivity contribution in [3.05, 3.63) is 47.2 Å². The van der Waals surface area contributed by atoms with E-state index in [1.165, 1.54) is 26.3 Å². The van der Waals surface area contributed by atoms with Crippen LogP contribution < -0.4 is 14.8 Å². The zero-order valence-electron chi connectivity index (χ0n) is 18.1. The number of halogens is 1. The number of aromatic hydroxyl groups is 1. The van der Waals surface area contributed by atoms with Crippen LogP contribution in [0, 0.1) is 5.92 Å². The van der Waals surface area contributed by atoms with E-state index in [9.17, 15) is 14.7 Å². The van der Waals surface area contributed by atoms with Gasteiger partial charge in [-0.15, -0.1) is 0 Å². The second kappa shape index (κ2) is 10.9. The first kappa shape index (κ1) is 24.3. The summed E-state index contributed by atoms with van der Waals surface area (Å²) in [5.41, 5.74) is -0.253. The summed E-state index contributed by atoms with van der Waals surface area (Å²) in [6.45, 7) is 7.08. The number of amides is 1. The van der Waals surface area contributed by atoms with Crippen LogP contribution in [-0.4, -0.2) is 47.3 Å².